The van der Waals surface area contributed by atoms with Crippen molar-refractivity contribution < 1.29 is 37.7 Å². The Bertz CT molecular complexity index is 1950. The maximum atomic E-state index is 15.2. The lowest BCUT2D eigenvalue weighted by atomic mass is 9.80. The normalized spacial score (nSPS) is 11.4. The van der Waals surface area contributed by atoms with Crippen LogP contribution in [0.15, 0.2) is 127 Å². The standard InChI is InChI=1S/C30H21BN4O12P2/c36-32(37)23-10-4-14-27(18-23)48(44,28-15-5-11-24(19-28)33(38)39)46-31(22-8-2-1-3-9-22)47-49(45,29-16-6-12-25(20-29)34(40)41)30-17-7-13-26(21-30)35(42)43/h1-21H. The van der Waals surface area contributed by atoms with E-state index in [0.29, 0.717) is 0 Å². The lowest BCUT2D eigenvalue weighted by molar-refractivity contribution is -0.385. The van der Waals surface area contributed by atoms with E-state index in [-0.39, 0.29) is 26.7 Å². The largest absolute Gasteiger partial charge is 0.505 e. The van der Waals surface area contributed by atoms with Crippen LogP contribution in [0.4, 0.5) is 22.7 Å². The number of nitro benzene ring substituents is 4. The molecule has 49 heavy (non-hydrogen) atoms. The van der Waals surface area contributed by atoms with Gasteiger partial charge in [-0.2, -0.15) is 0 Å². The molecule has 16 nitrogen and oxygen atoms in total. The van der Waals surface area contributed by atoms with E-state index in [1.165, 1.54) is 72.8 Å². The minimum absolute atomic E-state index is 0.0923. The molecule has 0 aliphatic rings. The number of nitro groups is 4. The van der Waals surface area contributed by atoms with Crippen LogP contribution in [-0.4, -0.2) is 26.8 Å². The Kier molecular flexibility index (Phi) is 9.92. The van der Waals surface area contributed by atoms with Gasteiger partial charge in [-0.3, -0.25) is 49.6 Å². The van der Waals surface area contributed by atoms with E-state index in [1.54, 1.807) is 6.07 Å². The van der Waals surface area contributed by atoms with E-state index < -0.39 is 64.3 Å². The fourth-order valence-electron chi connectivity index (χ4n) is 4.72. The van der Waals surface area contributed by atoms with Crippen LogP contribution in [0.3, 0.4) is 0 Å². The molecule has 0 amide bonds. The van der Waals surface area contributed by atoms with Gasteiger partial charge in [0.25, 0.3) is 22.7 Å². The van der Waals surface area contributed by atoms with Gasteiger partial charge in [0, 0.05) is 69.7 Å². The molecule has 0 fully saturated rings. The summed E-state index contributed by atoms with van der Waals surface area (Å²) in [7, 11) is -11.2. The Balaban J connectivity index is 1.76. The third-order valence-corrected chi connectivity index (χ3v) is 11.9. The summed E-state index contributed by atoms with van der Waals surface area (Å²) in [5.74, 6) is 0. The average Bonchev–Trinajstić information content (AvgIpc) is 3.11. The topological polar surface area (TPSA) is 225 Å². The molecule has 0 spiro atoms. The molecule has 0 heterocycles. The summed E-state index contributed by atoms with van der Waals surface area (Å²) >= 11 is 0. The number of hydrogen-bond donors (Lipinski definition) is 0. The zero-order valence-corrected chi connectivity index (χ0v) is 26.6. The van der Waals surface area contributed by atoms with E-state index in [9.17, 15) is 40.5 Å². The number of hydrogen-bond acceptors (Lipinski definition) is 12. The second-order valence-corrected chi connectivity index (χ2v) is 14.9. The fraction of sp³-hybridized carbons (Fsp3) is 0. The van der Waals surface area contributed by atoms with Gasteiger partial charge in [-0.15, -0.1) is 0 Å². The smallest absolute Gasteiger partial charge is 0.349 e. The summed E-state index contributed by atoms with van der Waals surface area (Å²) in [5.41, 5.74) is -1.84. The quantitative estimate of drug-likeness (QED) is 0.0691. The Hall–Kier alpha value is -5.86. The van der Waals surface area contributed by atoms with Gasteiger partial charge in [-0.25, -0.2) is 0 Å². The average molecular weight is 702 g/mol. The van der Waals surface area contributed by atoms with Crippen LogP contribution in [0.2, 0.25) is 0 Å². The van der Waals surface area contributed by atoms with Gasteiger partial charge in [0.15, 0.2) is 0 Å². The highest BCUT2D eigenvalue weighted by molar-refractivity contribution is 7.77. The summed E-state index contributed by atoms with van der Waals surface area (Å²) in [6, 6.07) is 25.8. The van der Waals surface area contributed by atoms with Gasteiger partial charge in [-0.05, 0) is 29.7 Å². The van der Waals surface area contributed by atoms with Crippen molar-refractivity contribution in [1.29, 1.82) is 0 Å². The predicted molar refractivity (Wildman–Crippen MR) is 180 cm³/mol. The first-order valence-corrected chi connectivity index (χ1v) is 17.2. The lowest BCUT2D eigenvalue weighted by Gasteiger charge is -2.27. The van der Waals surface area contributed by atoms with Crippen LogP contribution in [0.25, 0.3) is 0 Å². The Morgan fingerprint density at radius 2 is 0.714 bits per heavy atom. The fourth-order valence-corrected chi connectivity index (χ4v) is 9.08. The monoisotopic (exact) mass is 702 g/mol. The Labute approximate surface area is 276 Å². The highest BCUT2D eigenvalue weighted by Crippen LogP contribution is 2.51. The van der Waals surface area contributed by atoms with Crippen LogP contribution < -0.4 is 26.7 Å². The predicted octanol–water partition coefficient (Wildman–Crippen LogP) is 4.91. The molecule has 0 aromatic heterocycles. The molecule has 0 unspecified atom stereocenters. The second kappa shape index (κ2) is 14.1. The molecule has 246 valence electrons. The highest BCUT2D eigenvalue weighted by Gasteiger charge is 2.43. The molecule has 0 saturated heterocycles. The minimum Gasteiger partial charge on any atom is -0.349 e. The number of nitrogens with zero attached hydrogens (tertiary/aromatic N) is 4. The van der Waals surface area contributed by atoms with Crippen LogP contribution in [0, 0.1) is 40.5 Å². The molecule has 0 saturated carbocycles. The maximum Gasteiger partial charge on any atom is 0.505 e. The van der Waals surface area contributed by atoms with Crippen molar-refractivity contribution in [2.75, 3.05) is 0 Å². The van der Waals surface area contributed by atoms with Crippen molar-refractivity contribution in [1.82, 2.24) is 0 Å². The zero-order chi connectivity index (χ0) is 35.3. The number of non-ortho nitro benzene ring substituents is 4. The highest BCUT2D eigenvalue weighted by atomic mass is 31.2. The van der Waals surface area contributed by atoms with Crippen molar-refractivity contribution in [2.24, 2.45) is 0 Å². The molecule has 0 atom stereocenters. The van der Waals surface area contributed by atoms with Crippen molar-refractivity contribution in [3.8, 4) is 0 Å². The number of rotatable bonds is 13. The van der Waals surface area contributed by atoms with Crippen LogP contribution >= 0.6 is 14.7 Å². The third kappa shape index (κ3) is 7.35. The molecule has 19 heteroatoms. The maximum absolute atomic E-state index is 15.2. The van der Waals surface area contributed by atoms with E-state index in [1.807, 2.05) is 0 Å². The van der Waals surface area contributed by atoms with Crippen LogP contribution in [0.1, 0.15) is 0 Å². The summed E-state index contributed by atoms with van der Waals surface area (Å²) in [6.07, 6.45) is 0. The minimum atomic E-state index is -4.67. The Morgan fingerprint density at radius 3 is 0.980 bits per heavy atom. The number of benzene rings is 5. The molecule has 0 bridgehead atoms. The first-order valence-electron chi connectivity index (χ1n) is 13.9. The lowest BCUT2D eigenvalue weighted by Crippen LogP contribution is -2.40. The van der Waals surface area contributed by atoms with Gasteiger partial charge in [0.2, 0.25) is 14.7 Å². The first-order chi connectivity index (χ1) is 23.3. The summed E-state index contributed by atoms with van der Waals surface area (Å²) in [5, 5.41) is 45.7. The van der Waals surface area contributed by atoms with Crippen LogP contribution in [-0.2, 0) is 18.0 Å². The van der Waals surface area contributed by atoms with Crippen molar-refractivity contribution in [2.45, 2.75) is 0 Å². The van der Waals surface area contributed by atoms with Gasteiger partial charge >= 0.3 is 7.12 Å². The summed E-state index contributed by atoms with van der Waals surface area (Å²) in [4.78, 5) is 43.8. The van der Waals surface area contributed by atoms with E-state index in [2.05, 4.69) is 0 Å². The molecular weight excluding hydrogens is 681 g/mol. The van der Waals surface area contributed by atoms with Crippen molar-refractivity contribution in [3.63, 3.8) is 0 Å². The Morgan fingerprint density at radius 1 is 0.429 bits per heavy atom. The van der Waals surface area contributed by atoms with Gasteiger partial charge in [0.05, 0.1) is 19.7 Å². The molecule has 0 radical (unpaired) electrons. The zero-order valence-electron chi connectivity index (χ0n) is 24.8. The molecule has 5 aromatic carbocycles. The molecular formula is C30H21BN4O12P2. The third-order valence-electron chi connectivity index (χ3n) is 7.08. The van der Waals surface area contributed by atoms with Gasteiger partial charge < -0.3 is 8.88 Å². The SMILES string of the molecule is O=[N+]([O-])c1cccc(P(=O)(OB(OP(=O)(c2cccc([N+](=O)[O-])c2)c2cccc([N+](=O)[O-])c2)c2ccccc2)c2cccc([N+](=O)[O-])c2)c1. The van der Waals surface area contributed by atoms with Crippen LogP contribution in [0.5, 0.6) is 0 Å². The summed E-state index contributed by atoms with van der Waals surface area (Å²) in [6.45, 7) is 0. The van der Waals surface area contributed by atoms with E-state index in [0.717, 1.165) is 48.5 Å². The van der Waals surface area contributed by atoms with E-state index in [4.69, 9.17) is 8.88 Å². The first kappa shape index (κ1) is 34.5. The van der Waals surface area contributed by atoms with Crippen molar-refractivity contribution in [3.05, 3.63) is 168 Å². The second-order valence-electron chi connectivity index (χ2n) is 10.2. The molecule has 0 aliphatic carbocycles. The molecule has 0 aliphatic heterocycles. The molecule has 5 aromatic rings. The summed E-state index contributed by atoms with van der Waals surface area (Å²) < 4.78 is 42.8. The van der Waals surface area contributed by atoms with Gasteiger partial charge in [0.1, 0.15) is 0 Å². The van der Waals surface area contributed by atoms with E-state index >= 15 is 9.13 Å². The van der Waals surface area contributed by atoms with Gasteiger partial charge in [-0.1, -0.05) is 54.6 Å². The molecule has 0 N–H and O–H groups in total. The van der Waals surface area contributed by atoms with Crippen molar-refractivity contribution >= 4 is 71.3 Å². The molecule has 5 rings (SSSR count).